The van der Waals surface area contributed by atoms with Gasteiger partial charge in [-0.1, -0.05) is 30.3 Å². The van der Waals surface area contributed by atoms with Crippen molar-refractivity contribution in [2.75, 3.05) is 10.6 Å². The molecule has 0 aliphatic heterocycles. The average molecular weight is 389 g/mol. The Labute approximate surface area is 158 Å². The Kier molecular flexibility index (Phi) is 5.58. The number of nitrogens with one attached hydrogen (secondary N) is 2. The fraction of sp³-hybridized carbons (Fsp3) is 0.100. The minimum atomic E-state index is -4.59. The summed E-state index contributed by atoms with van der Waals surface area (Å²) in [6.45, 7) is 0.141. The number of aromatic nitrogens is 1. The fourth-order valence-electron chi connectivity index (χ4n) is 2.53. The van der Waals surface area contributed by atoms with Crippen molar-refractivity contribution in [3.63, 3.8) is 0 Å². The first-order valence-electron chi connectivity index (χ1n) is 8.25. The molecule has 2 N–H and O–H groups in total. The van der Waals surface area contributed by atoms with Crippen molar-refractivity contribution in [3.8, 4) is 0 Å². The molecule has 0 spiro atoms. The number of carbonyl (C=O) groups excluding carboxylic acids is 1. The van der Waals surface area contributed by atoms with Crippen LogP contribution in [0.5, 0.6) is 0 Å². The largest absolute Gasteiger partial charge is 0.418 e. The van der Waals surface area contributed by atoms with Gasteiger partial charge in [-0.2, -0.15) is 13.2 Å². The van der Waals surface area contributed by atoms with E-state index < -0.39 is 17.6 Å². The van der Waals surface area contributed by atoms with Gasteiger partial charge in [-0.05, 0) is 30.3 Å². The van der Waals surface area contributed by atoms with Crippen LogP contribution in [0, 0.1) is 5.82 Å². The Balaban J connectivity index is 1.74. The summed E-state index contributed by atoms with van der Waals surface area (Å²) in [5.41, 5.74) is -0.741. The summed E-state index contributed by atoms with van der Waals surface area (Å²) in [6, 6.07) is 13.7. The van der Waals surface area contributed by atoms with Gasteiger partial charge in [0.1, 0.15) is 11.6 Å². The van der Waals surface area contributed by atoms with Crippen molar-refractivity contribution in [2.45, 2.75) is 12.7 Å². The third-order valence-electron chi connectivity index (χ3n) is 3.92. The summed E-state index contributed by atoms with van der Waals surface area (Å²) in [7, 11) is 0. The molecular weight excluding hydrogens is 374 g/mol. The second-order valence-corrected chi connectivity index (χ2v) is 5.87. The minimum Gasteiger partial charge on any atom is -0.366 e. The highest BCUT2D eigenvalue weighted by atomic mass is 19.4. The number of alkyl halides is 3. The Morgan fingerprint density at radius 3 is 2.46 bits per heavy atom. The van der Waals surface area contributed by atoms with Gasteiger partial charge < -0.3 is 10.6 Å². The number of para-hydroxylation sites is 1. The Bertz CT molecular complexity index is 989. The highest BCUT2D eigenvalue weighted by Crippen LogP contribution is 2.34. The molecule has 0 saturated carbocycles. The summed E-state index contributed by atoms with van der Waals surface area (Å²) in [5.74, 6) is -0.805. The monoisotopic (exact) mass is 389 g/mol. The van der Waals surface area contributed by atoms with Crippen LogP contribution in [0.3, 0.4) is 0 Å². The highest BCUT2D eigenvalue weighted by molar-refractivity contribution is 6.05. The number of carbonyl (C=O) groups is 1. The lowest BCUT2D eigenvalue weighted by Crippen LogP contribution is -2.17. The predicted molar refractivity (Wildman–Crippen MR) is 97.4 cm³/mol. The number of hydrogen-bond acceptors (Lipinski definition) is 3. The van der Waals surface area contributed by atoms with Crippen molar-refractivity contribution in [1.82, 2.24) is 4.98 Å². The van der Waals surface area contributed by atoms with E-state index in [4.69, 9.17) is 0 Å². The molecule has 0 aliphatic carbocycles. The number of rotatable bonds is 5. The number of pyridine rings is 1. The van der Waals surface area contributed by atoms with Crippen LogP contribution in [0.2, 0.25) is 0 Å². The average Bonchev–Trinajstić information content (AvgIpc) is 2.67. The number of hydrogen-bond donors (Lipinski definition) is 2. The molecule has 2 aromatic carbocycles. The first-order valence-corrected chi connectivity index (χ1v) is 8.25. The summed E-state index contributed by atoms with van der Waals surface area (Å²) in [6.07, 6.45) is -3.25. The van der Waals surface area contributed by atoms with Gasteiger partial charge in [0.2, 0.25) is 0 Å². The standard InChI is InChI=1S/C20H15F4N3O/c21-16-7-3-1-5-14(16)12-26-18-11-13(9-10-25-18)19(28)27-17-8-4-2-6-15(17)20(22,23)24/h1-11H,12H2,(H,25,26)(H,27,28). The first-order chi connectivity index (χ1) is 13.3. The molecule has 0 bridgehead atoms. The van der Waals surface area contributed by atoms with E-state index in [1.165, 1.54) is 42.6 Å². The number of nitrogens with zero attached hydrogens (tertiary/aromatic N) is 1. The molecule has 0 aliphatic rings. The molecule has 0 atom stereocenters. The maximum Gasteiger partial charge on any atom is 0.418 e. The molecule has 144 valence electrons. The molecule has 1 heterocycles. The van der Waals surface area contributed by atoms with Crippen LogP contribution in [-0.2, 0) is 12.7 Å². The minimum absolute atomic E-state index is 0.114. The van der Waals surface area contributed by atoms with Gasteiger partial charge in [-0.3, -0.25) is 4.79 Å². The molecule has 3 aromatic rings. The molecule has 0 radical (unpaired) electrons. The highest BCUT2D eigenvalue weighted by Gasteiger charge is 2.33. The number of benzene rings is 2. The summed E-state index contributed by atoms with van der Waals surface area (Å²) >= 11 is 0. The first kappa shape index (κ1) is 19.3. The third-order valence-corrected chi connectivity index (χ3v) is 3.92. The van der Waals surface area contributed by atoms with Gasteiger partial charge in [-0.25, -0.2) is 9.37 Å². The van der Waals surface area contributed by atoms with Crippen LogP contribution in [0.1, 0.15) is 21.5 Å². The Morgan fingerprint density at radius 1 is 1.00 bits per heavy atom. The van der Waals surface area contributed by atoms with Crippen LogP contribution >= 0.6 is 0 Å². The van der Waals surface area contributed by atoms with Crippen molar-refractivity contribution in [2.24, 2.45) is 0 Å². The molecule has 0 saturated heterocycles. The van der Waals surface area contributed by atoms with Crippen molar-refractivity contribution in [3.05, 3.63) is 89.4 Å². The Hall–Kier alpha value is -3.42. The molecular formula is C20H15F4N3O. The van der Waals surface area contributed by atoms with Gasteiger partial charge in [0.05, 0.1) is 11.3 Å². The molecule has 0 fully saturated rings. The topological polar surface area (TPSA) is 54.0 Å². The van der Waals surface area contributed by atoms with Crippen LogP contribution < -0.4 is 10.6 Å². The molecule has 8 heteroatoms. The quantitative estimate of drug-likeness (QED) is 0.597. The van der Waals surface area contributed by atoms with Gasteiger partial charge in [0.15, 0.2) is 0 Å². The molecule has 1 amide bonds. The van der Waals surface area contributed by atoms with E-state index in [0.717, 1.165) is 6.07 Å². The van der Waals surface area contributed by atoms with Crippen LogP contribution in [0.25, 0.3) is 0 Å². The van der Waals surface area contributed by atoms with E-state index in [1.54, 1.807) is 18.2 Å². The number of anilines is 2. The van der Waals surface area contributed by atoms with E-state index in [-0.39, 0.29) is 23.6 Å². The summed E-state index contributed by atoms with van der Waals surface area (Å²) in [5, 5.41) is 5.15. The Morgan fingerprint density at radius 2 is 1.71 bits per heavy atom. The van der Waals surface area contributed by atoms with Gasteiger partial charge in [0.25, 0.3) is 5.91 Å². The third kappa shape index (κ3) is 4.64. The predicted octanol–water partition coefficient (Wildman–Crippen LogP) is 5.10. The van der Waals surface area contributed by atoms with E-state index in [1.807, 2.05) is 0 Å². The lowest BCUT2D eigenvalue weighted by Gasteiger charge is -2.14. The van der Waals surface area contributed by atoms with Crippen LogP contribution in [0.4, 0.5) is 29.1 Å². The number of halogens is 4. The zero-order valence-electron chi connectivity index (χ0n) is 14.4. The maximum absolute atomic E-state index is 13.7. The van der Waals surface area contributed by atoms with E-state index in [0.29, 0.717) is 11.4 Å². The molecule has 3 rings (SSSR count). The lowest BCUT2D eigenvalue weighted by atomic mass is 10.1. The smallest absolute Gasteiger partial charge is 0.366 e. The fourth-order valence-corrected chi connectivity index (χ4v) is 2.53. The SMILES string of the molecule is O=C(Nc1ccccc1C(F)(F)F)c1ccnc(NCc2ccccc2F)c1. The zero-order chi connectivity index (χ0) is 20.1. The normalized spacial score (nSPS) is 11.1. The van der Waals surface area contributed by atoms with E-state index >= 15 is 0 Å². The van der Waals surface area contributed by atoms with Crippen LogP contribution in [0.15, 0.2) is 66.9 Å². The van der Waals surface area contributed by atoms with E-state index in [9.17, 15) is 22.4 Å². The van der Waals surface area contributed by atoms with Crippen molar-refractivity contribution in [1.29, 1.82) is 0 Å². The zero-order valence-corrected chi connectivity index (χ0v) is 14.4. The summed E-state index contributed by atoms with van der Waals surface area (Å²) in [4.78, 5) is 16.4. The molecule has 4 nitrogen and oxygen atoms in total. The lowest BCUT2D eigenvalue weighted by molar-refractivity contribution is -0.136. The van der Waals surface area contributed by atoms with Gasteiger partial charge >= 0.3 is 6.18 Å². The molecule has 28 heavy (non-hydrogen) atoms. The van der Waals surface area contributed by atoms with Gasteiger partial charge in [0, 0.05) is 23.9 Å². The van der Waals surface area contributed by atoms with E-state index in [2.05, 4.69) is 15.6 Å². The summed E-state index contributed by atoms with van der Waals surface area (Å²) < 4.78 is 52.8. The van der Waals surface area contributed by atoms with Crippen LogP contribution in [-0.4, -0.2) is 10.9 Å². The number of amides is 1. The second-order valence-electron chi connectivity index (χ2n) is 5.87. The van der Waals surface area contributed by atoms with Crippen molar-refractivity contribution >= 4 is 17.4 Å². The molecule has 1 aromatic heterocycles. The molecule has 0 unspecified atom stereocenters. The van der Waals surface area contributed by atoms with Gasteiger partial charge in [-0.15, -0.1) is 0 Å². The van der Waals surface area contributed by atoms with Crippen molar-refractivity contribution < 1.29 is 22.4 Å². The second kappa shape index (κ2) is 8.08. The maximum atomic E-state index is 13.7.